The molecule has 6 heteroatoms. The number of nitrogens with zero attached hydrogens (tertiary/aromatic N) is 1. The molecular formula is C31H28N2O4. The number of fused-ring (bicyclic) bond motifs is 1. The van der Waals surface area contributed by atoms with Crippen LogP contribution in [0, 0.1) is 6.92 Å². The number of benzene rings is 3. The molecule has 4 aromatic rings. The lowest BCUT2D eigenvalue weighted by Gasteiger charge is -2.26. The molecule has 3 aromatic carbocycles. The standard InChI is InChI=1S/C31H28N2O4/c1-20-8-11-22(12-9-20)29-28(27(34)15-10-21-6-4-3-5-7-21)30(35)31(36)33(29)17-16-23-19-32-26-14-13-24(37-2)18-25(23)26/h3-15,18-19,29,32,35H,16-17H2,1-2H3/b15-10+/t29-/m1/s1. The fraction of sp³-hybridized carbons (Fsp3) is 0.161. The number of amides is 1. The number of ether oxygens (including phenoxy) is 1. The van der Waals surface area contributed by atoms with Crippen molar-refractivity contribution in [2.75, 3.05) is 13.7 Å². The number of rotatable bonds is 8. The monoisotopic (exact) mass is 492 g/mol. The zero-order valence-electron chi connectivity index (χ0n) is 20.8. The van der Waals surface area contributed by atoms with Gasteiger partial charge in [-0.3, -0.25) is 9.59 Å². The van der Waals surface area contributed by atoms with Gasteiger partial charge < -0.3 is 19.7 Å². The van der Waals surface area contributed by atoms with Crippen molar-refractivity contribution in [1.82, 2.24) is 9.88 Å². The summed E-state index contributed by atoms with van der Waals surface area (Å²) >= 11 is 0. The molecule has 2 heterocycles. The van der Waals surface area contributed by atoms with E-state index < -0.39 is 17.7 Å². The van der Waals surface area contributed by atoms with Gasteiger partial charge in [0.05, 0.1) is 18.7 Å². The van der Waals surface area contributed by atoms with Crippen LogP contribution in [0.4, 0.5) is 0 Å². The minimum absolute atomic E-state index is 0.0987. The Bertz CT molecular complexity index is 1510. The number of methoxy groups -OCH3 is 1. The van der Waals surface area contributed by atoms with Gasteiger partial charge in [0.2, 0.25) is 0 Å². The number of carbonyl (C=O) groups is 2. The second-order valence-electron chi connectivity index (χ2n) is 9.16. The summed E-state index contributed by atoms with van der Waals surface area (Å²) in [5.41, 5.74) is 4.80. The van der Waals surface area contributed by atoms with E-state index in [2.05, 4.69) is 4.98 Å². The third-order valence-electron chi connectivity index (χ3n) is 6.79. The number of allylic oxidation sites excluding steroid dienone is 1. The molecule has 0 saturated heterocycles. The number of aromatic nitrogens is 1. The van der Waals surface area contributed by atoms with Crippen LogP contribution in [-0.2, 0) is 16.0 Å². The Labute approximate surface area is 215 Å². The molecule has 6 nitrogen and oxygen atoms in total. The van der Waals surface area contributed by atoms with E-state index in [0.717, 1.165) is 38.9 Å². The smallest absolute Gasteiger partial charge is 0.290 e. The van der Waals surface area contributed by atoms with Crippen LogP contribution >= 0.6 is 0 Å². The Hall–Kier alpha value is -4.58. The largest absolute Gasteiger partial charge is 0.503 e. The highest BCUT2D eigenvalue weighted by Crippen LogP contribution is 2.38. The fourth-order valence-corrected chi connectivity index (χ4v) is 4.79. The van der Waals surface area contributed by atoms with Crippen molar-refractivity contribution < 1.29 is 19.4 Å². The highest BCUT2D eigenvalue weighted by Gasteiger charge is 2.42. The van der Waals surface area contributed by atoms with Gasteiger partial charge in [0.15, 0.2) is 11.5 Å². The average Bonchev–Trinajstić information content (AvgIpc) is 3.44. The summed E-state index contributed by atoms with van der Waals surface area (Å²) in [6, 6.07) is 22.3. The summed E-state index contributed by atoms with van der Waals surface area (Å²) in [5, 5.41) is 11.9. The quantitative estimate of drug-likeness (QED) is 0.309. The molecule has 1 atom stereocenters. The van der Waals surface area contributed by atoms with Crippen molar-refractivity contribution >= 4 is 28.7 Å². The number of aliphatic hydroxyl groups is 1. The molecule has 1 amide bonds. The first-order valence-corrected chi connectivity index (χ1v) is 12.2. The Morgan fingerprint density at radius 3 is 2.57 bits per heavy atom. The van der Waals surface area contributed by atoms with Gasteiger partial charge in [-0.1, -0.05) is 66.2 Å². The summed E-state index contributed by atoms with van der Waals surface area (Å²) in [7, 11) is 1.63. The van der Waals surface area contributed by atoms with Gasteiger partial charge >= 0.3 is 0 Å². The van der Waals surface area contributed by atoms with E-state index in [4.69, 9.17) is 4.74 Å². The van der Waals surface area contributed by atoms with Gasteiger partial charge in [0, 0.05) is 23.6 Å². The molecule has 37 heavy (non-hydrogen) atoms. The van der Waals surface area contributed by atoms with E-state index in [-0.39, 0.29) is 11.4 Å². The van der Waals surface area contributed by atoms with Crippen molar-refractivity contribution in [2.45, 2.75) is 19.4 Å². The highest BCUT2D eigenvalue weighted by molar-refractivity contribution is 6.14. The molecule has 186 valence electrons. The number of aromatic amines is 1. The van der Waals surface area contributed by atoms with E-state index in [0.29, 0.717) is 13.0 Å². The second-order valence-corrected chi connectivity index (χ2v) is 9.16. The van der Waals surface area contributed by atoms with Crippen molar-refractivity contribution in [3.63, 3.8) is 0 Å². The van der Waals surface area contributed by atoms with E-state index in [1.54, 1.807) is 18.1 Å². The maximum atomic E-state index is 13.3. The fourth-order valence-electron chi connectivity index (χ4n) is 4.79. The van der Waals surface area contributed by atoms with Crippen LogP contribution in [-0.4, -0.2) is 40.3 Å². The number of aryl methyl sites for hydroxylation is 1. The molecule has 0 bridgehead atoms. The molecule has 0 radical (unpaired) electrons. The van der Waals surface area contributed by atoms with Crippen LogP contribution in [0.5, 0.6) is 5.75 Å². The van der Waals surface area contributed by atoms with Gasteiger partial charge in [0.1, 0.15) is 5.75 Å². The minimum atomic E-state index is -0.680. The topological polar surface area (TPSA) is 82.6 Å². The number of H-pyrrole nitrogens is 1. The Morgan fingerprint density at radius 2 is 1.84 bits per heavy atom. The Balaban J connectivity index is 1.46. The molecule has 1 aliphatic heterocycles. The molecule has 0 saturated carbocycles. The normalized spacial score (nSPS) is 15.8. The maximum Gasteiger partial charge on any atom is 0.290 e. The zero-order chi connectivity index (χ0) is 25.9. The minimum Gasteiger partial charge on any atom is -0.503 e. The molecule has 5 rings (SSSR count). The number of hydrogen-bond donors (Lipinski definition) is 2. The third kappa shape index (κ3) is 4.78. The lowest BCUT2D eigenvalue weighted by atomic mass is 9.94. The first-order valence-electron chi connectivity index (χ1n) is 12.2. The summed E-state index contributed by atoms with van der Waals surface area (Å²) in [4.78, 5) is 31.5. The predicted octanol–water partition coefficient (Wildman–Crippen LogP) is 5.71. The molecule has 1 aromatic heterocycles. The molecule has 0 aliphatic carbocycles. The molecule has 0 unspecified atom stereocenters. The predicted molar refractivity (Wildman–Crippen MR) is 144 cm³/mol. The van der Waals surface area contributed by atoms with Crippen LogP contribution in [0.25, 0.3) is 17.0 Å². The number of hydrogen-bond acceptors (Lipinski definition) is 4. The number of ketones is 1. The number of nitrogens with one attached hydrogen (secondary N) is 1. The second kappa shape index (κ2) is 10.2. The third-order valence-corrected chi connectivity index (χ3v) is 6.79. The molecule has 2 N–H and O–H groups in total. The van der Waals surface area contributed by atoms with Gasteiger partial charge in [-0.2, -0.15) is 0 Å². The molecular weight excluding hydrogens is 464 g/mol. The van der Waals surface area contributed by atoms with Gasteiger partial charge in [-0.05, 0) is 54.3 Å². The van der Waals surface area contributed by atoms with Gasteiger partial charge in [0.25, 0.3) is 5.91 Å². The average molecular weight is 493 g/mol. The lowest BCUT2D eigenvalue weighted by molar-refractivity contribution is -0.129. The van der Waals surface area contributed by atoms with Crippen molar-refractivity contribution in [3.8, 4) is 5.75 Å². The maximum absolute atomic E-state index is 13.3. The van der Waals surface area contributed by atoms with Crippen molar-refractivity contribution in [2.24, 2.45) is 0 Å². The van der Waals surface area contributed by atoms with Crippen LogP contribution in [0.15, 0.2) is 96.4 Å². The van der Waals surface area contributed by atoms with Crippen LogP contribution in [0.3, 0.4) is 0 Å². The number of aliphatic hydroxyl groups excluding tert-OH is 1. The summed E-state index contributed by atoms with van der Waals surface area (Å²) < 4.78 is 5.37. The van der Waals surface area contributed by atoms with Crippen LogP contribution in [0.2, 0.25) is 0 Å². The van der Waals surface area contributed by atoms with E-state index in [1.165, 1.54) is 6.08 Å². The first-order chi connectivity index (χ1) is 18.0. The van der Waals surface area contributed by atoms with Crippen molar-refractivity contribution in [1.29, 1.82) is 0 Å². The van der Waals surface area contributed by atoms with E-state index >= 15 is 0 Å². The first kappa shape index (κ1) is 24.1. The highest BCUT2D eigenvalue weighted by atomic mass is 16.5. The van der Waals surface area contributed by atoms with E-state index in [1.807, 2.05) is 85.9 Å². The molecule has 1 aliphatic rings. The summed E-state index contributed by atoms with van der Waals surface area (Å²) in [6.45, 7) is 2.30. The lowest BCUT2D eigenvalue weighted by Crippen LogP contribution is -2.33. The summed E-state index contributed by atoms with van der Waals surface area (Å²) in [5.74, 6) is -0.673. The SMILES string of the molecule is COc1ccc2[nH]cc(CCN3C(=O)C(O)=C(C(=O)/C=C/c4ccccc4)[C@H]3c3ccc(C)cc3)c2c1. The van der Waals surface area contributed by atoms with E-state index in [9.17, 15) is 14.7 Å². The van der Waals surface area contributed by atoms with Gasteiger partial charge in [-0.25, -0.2) is 0 Å². The molecule has 0 spiro atoms. The Kier molecular flexibility index (Phi) is 6.64. The number of carbonyl (C=O) groups excluding carboxylic acids is 2. The Morgan fingerprint density at radius 1 is 1.08 bits per heavy atom. The van der Waals surface area contributed by atoms with Gasteiger partial charge in [-0.15, -0.1) is 0 Å². The summed E-state index contributed by atoms with van der Waals surface area (Å²) in [6.07, 6.45) is 5.58. The van der Waals surface area contributed by atoms with Crippen LogP contribution in [0.1, 0.15) is 28.3 Å². The molecule has 0 fully saturated rings. The van der Waals surface area contributed by atoms with Crippen LogP contribution < -0.4 is 4.74 Å². The zero-order valence-corrected chi connectivity index (χ0v) is 20.8. The van der Waals surface area contributed by atoms with Crippen molar-refractivity contribution in [3.05, 3.63) is 119 Å².